The molecular formula is C15H29ClO6. The molecule has 0 radical (unpaired) electrons. The summed E-state index contributed by atoms with van der Waals surface area (Å²) >= 11 is 5.46. The van der Waals surface area contributed by atoms with Gasteiger partial charge in [0.15, 0.2) is 0 Å². The van der Waals surface area contributed by atoms with Crippen molar-refractivity contribution in [2.24, 2.45) is 0 Å². The second-order valence-corrected chi connectivity index (χ2v) is 5.85. The van der Waals surface area contributed by atoms with Crippen molar-refractivity contribution in [1.29, 1.82) is 0 Å². The molecule has 0 rings (SSSR count). The molecule has 6 nitrogen and oxygen atoms in total. The van der Waals surface area contributed by atoms with Gasteiger partial charge < -0.3 is 23.7 Å². The van der Waals surface area contributed by atoms with Crippen LogP contribution in [-0.4, -0.2) is 70.3 Å². The van der Waals surface area contributed by atoms with E-state index in [9.17, 15) is 4.79 Å². The molecule has 0 spiro atoms. The molecule has 0 heterocycles. The van der Waals surface area contributed by atoms with E-state index in [2.05, 4.69) is 0 Å². The van der Waals surface area contributed by atoms with Crippen LogP contribution < -0.4 is 0 Å². The number of hydrogen-bond donors (Lipinski definition) is 0. The number of hydrogen-bond acceptors (Lipinski definition) is 6. The maximum Gasteiger partial charge on any atom is 0.308 e. The van der Waals surface area contributed by atoms with Gasteiger partial charge in [0.25, 0.3) is 0 Å². The Morgan fingerprint density at radius 2 is 1.18 bits per heavy atom. The van der Waals surface area contributed by atoms with Crippen LogP contribution in [0.5, 0.6) is 0 Å². The summed E-state index contributed by atoms with van der Waals surface area (Å²) in [5.41, 5.74) is -0.449. The first kappa shape index (κ1) is 21.6. The van der Waals surface area contributed by atoms with Crippen molar-refractivity contribution in [2.45, 2.75) is 32.8 Å². The first-order chi connectivity index (χ1) is 10.5. The van der Waals surface area contributed by atoms with E-state index in [1.165, 1.54) is 0 Å². The summed E-state index contributed by atoms with van der Waals surface area (Å²) in [6.07, 6.45) is 0.253. The summed E-state index contributed by atoms with van der Waals surface area (Å²) in [5.74, 6) is 0.245. The molecule has 22 heavy (non-hydrogen) atoms. The predicted octanol–water partition coefficient (Wildman–Crippen LogP) is 2.02. The Bertz CT molecular complexity index is 267. The molecule has 0 saturated carbocycles. The van der Waals surface area contributed by atoms with Crippen molar-refractivity contribution in [2.75, 3.05) is 58.7 Å². The molecular weight excluding hydrogens is 312 g/mol. The minimum Gasteiger partial charge on any atom is -0.460 e. The fourth-order valence-electron chi connectivity index (χ4n) is 1.36. The molecule has 0 bridgehead atoms. The van der Waals surface area contributed by atoms with Crippen molar-refractivity contribution < 1.29 is 28.5 Å². The zero-order valence-corrected chi connectivity index (χ0v) is 14.7. The van der Waals surface area contributed by atoms with Crippen molar-refractivity contribution >= 4 is 17.6 Å². The molecule has 0 unspecified atom stereocenters. The van der Waals surface area contributed by atoms with Gasteiger partial charge in [-0.3, -0.25) is 4.79 Å². The van der Waals surface area contributed by atoms with E-state index in [1.807, 2.05) is 20.8 Å². The monoisotopic (exact) mass is 340 g/mol. The van der Waals surface area contributed by atoms with Gasteiger partial charge in [-0.15, -0.1) is 11.6 Å². The van der Waals surface area contributed by atoms with Crippen LogP contribution in [-0.2, 0) is 28.5 Å². The molecule has 0 aromatic rings. The minimum atomic E-state index is -0.449. The van der Waals surface area contributed by atoms with Crippen LogP contribution in [0.1, 0.15) is 27.2 Å². The highest BCUT2D eigenvalue weighted by Gasteiger charge is 2.15. The van der Waals surface area contributed by atoms with Crippen molar-refractivity contribution in [1.82, 2.24) is 0 Å². The molecule has 0 aromatic carbocycles. The van der Waals surface area contributed by atoms with Crippen LogP contribution in [0.15, 0.2) is 0 Å². The van der Waals surface area contributed by atoms with E-state index in [-0.39, 0.29) is 12.4 Å². The summed E-state index contributed by atoms with van der Waals surface area (Å²) in [7, 11) is 0. The van der Waals surface area contributed by atoms with Crippen molar-refractivity contribution in [3.63, 3.8) is 0 Å². The van der Waals surface area contributed by atoms with E-state index in [0.29, 0.717) is 58.7 Å². The number of ether oxygens (including phenoxy) is 5. The molecule has 0 fully saturated rings. The highest BCUT2D eigenvalue weighted by atomic mass is 35.5. The second kappa shape index (κ2) is 14.2. The normalized spacial score (nSPS) is 11.6. The minimum absolute atomic E-state index is 0.252. The van der Waals surface area contributed by atoms with Crippen LogP contribution in [0.4, 0.5) is 0 Å². The highest BCUT2D eigenvalue weighted by Crippen LogP contribution is 2.07. The second-order valence-electron chi connectivity index (χ2n) is 5.47. The van der Waals surface area contributed by atoms with E-state index in [4.69, 9.17) is 35.3 Å². The van der Waals surface area contributed by atoms with Crippen LogP contribution in [0.2, 0.25) is 0 Å². The number of carbonyl (C=O) groups excluding carboxylic acids is 1. The number of carbonyl (C=O) groups is 1. The van der Waals surface area contributed by atoms with Gasteiger partial charge in [0.2, 0.25) is 0 Å². The van der Waals surface area contributed by atoms with Gasteiger partial charge in [0, 0.05) is 5.88 Å². The molecule has 0 aromatic heterocycles. The summed E-state index contributed by atoms with van der Waals surface area (Å²) in [5, 5.41) is 0. The van der Waals surface area contributed by atoms with E-state index >= 15 is 0 Å². The number of esters is 1. The Hall–Kier alpha value is -0.400. The maximum atomic E-state index is 11.4. The van der Waals surface area contributed by atoms with E-state index in [1.54, 1.807) is 0 Å². The van der Waals surface area contributed by atoms with Gasteiger partial charge in [0.1, 0.15) is 5.60 Å². The molecule has 0 aliphatic heterocycles. The molecule has 0 saturated heterocycles. The SMILES string of the molecule is CC(C)(C)OC(=O)CCOCCOCCOCCOCCCl. The highest BCUT2D eigenvalue weighted by molar-refractivity contribution is 6.17. The Balaban J connectivity index is 3.16. The molecule has 0 amide bonds. The number of rotatable bonds is 14. The lowest BCUT2D eigenvalue weighted by Crippen LogP contribution is -2.24. The average molecular weight is 341 g/mol. The molecule has 0 aliphatic carbocycles. The summed E-state index contributed by atoms with van der Waals surface area (Å²) in [4.78, 5) is 11.4. The lowest BCUT2D eigenvalue weighted by molar-refractivity contribution is -0.156. The fraction of sp³-hybridized carbons (Fsp3) is 0.933. The standard InChI is InChI=1S/C15H29ClO6/c1-15(2,3)22-14(17)4-6-18-8-10-20-12-13-21-11-9-19-7-5-16/h4-13H2,1-3H3. The van der Waals surface area contributed by atoms with Crippen LogP contribution in [0, 0.1) is 0 Å². The van der Waals surface area contributed by atoms with E-state index < -0.39 is 5.60 Å². The third kappa shape index (κ3) is 17.7. The van der Waals surface area contributed by atoms with Gasteiger partial charge >= 0.3 is 5.97 Å². The largest absolute Gasteiger partial charge is 0.460 e. The predicted molar refractivity (Wildman–Crippen MR) is 84.5 cm³/mol. The van der Waals surface area contributed by atoms with Gasteiger partial charge in [-0.25, -0.2) is 0 Å². The molecule has 0 atom stereocenters. The Labute approximate surface area is 138 Å². The Morgan fingerprint density at radius 3 is 1.59 bits per heavy atom. The maximum absolute atomic E-state index is 11.4. The van der Waals surface area contributed by atoms with Crippen LogP contribution in [0.3, 0.4) is 0 Å². The molecule has 7 heteroatoms. The smallest absolute Gasteiger partial charge is 0.308 e. The molecule has 0 N–H and O–H groups in total. The van der Waals surface area contributed by atoms with Gasteiger partial charge in [-0.1, -0.05) is 0 Å². The summed E-state index contributed by atoms with van der Waals surface area (Å²) in [6.45, 7) is 9.42. The zero-order valence-electron chi connectivity index (χ0n) is 13.9. The lowest BCUT2D eigenvalue weighted by Gasteiger charge is -2.19. The summed E-state index contributed by atoms with van der Waals surface area (Å²) in [6, 6.07) is 0. The third-order valence-electron chi connectivity index (χ3n) is 2.21. The van der Waals surface area contributed by atoms with Crippen LogP contribution in [0.25, 0.3) is 0 Å². The Kier molecular flexibility index (Phi) is 14.0. The topological polar surface area (TPSA) is 63.2 Å². The van der Waals surface area contributed by atoms with Crippen molar-refractivity contribution in [3.8, 4) is 0 Å². The quantitative estimate of drug-likeness (QED) is 0.274. The first-order valence-electron chi connectivity index (χ1n) is 7.54. The fourth-order valence-corrected chi connectivity index (χ4v) is 1.47. The number of alkyl halides is 1. The van der Waals surface area contributed by atoms with Crippen LogP contribution >= 0.6 is 11.6 Å². The molecule has 0 aliphatic rings. The van der Waals surface area contributed by atoms with E-state index in [0.717, 1.165) is 0 Å². The number of halogens is 1. The average Bonchev–Trinajstić information content (AvgIpc) is 2.42. The van der Waals surface area contributed by atoms with Gasteiger partial charge in [-0.2, -0.15) is 0 Å². The molecule has 132 valence electrons. The van der Waals surface area contributed by atoms with Gasteiger partial charge in [-0.05, 0) is 20.8 Å². The Morgan fingerprint density at radius 1 is 0.773 bits per heavy atom. The van der Waals surface area contributed by atoms with Gasteiger partial charge in [0.05, 0.1) is 59.3 Å². The zero-order chi connectivity index (χ0) is 16.7. The first-order valence-corrected chi connectivity index (χ1v) is 8.08. The third-order valence-corrected chi connectivity index (χ3v) is 2.36. The lowest BCUT2D eigenvalue weighted by atomic mass is 10.2. The summed E-state index contributed by atoms with van der Waals surface area (Å²) < 4.78 is 26.2. The van der Waals surface area contributed by atoms with Crippen molar-refractivity contribution in [3.05, 3.63) is 0 Å².